The van der Waals surface area contributed by atoms with E-state index in [0.29, 0.717) is 40.6 Å². The van der Waals surface area contributed by atoms with Crippen LogP contribution in [0.4, 0.5) is 5.69 Å². The molecule has 0 saturated heterocycles. The van der Waals surface area contributed by atoms with Crippen LogP contribution in [0.5, 0.6) is 17.2 Å². The Bertz CT molecular complexity index is 1220. The minimum atomic E-state index is 0.0492. The number of phenolic OH excluding ortho intramolecular Hbond substituents is 1. The van der Waals surface area contributed by atoms with E-state index >= 15 is 0 Å². The number of hydrogen-bond donors (Lipinski definition) is 1. The molecule has 152 valence electrons. The Kier molecular flexibility index (Phi) is 5.72. The van der Waals surface area contributed by atoms with Gasteiger partial charge in [0, 0.05) is 21.8 Å². The standard InChI is InChI=1S/C23H19BrN2O4/c1-3-29-21-11-16(24)10-15(22(21)27)13-25-17-6-9-20-19(12-17)26-23(30-20)14-4-7-18(28-2)8-5-14/h4-13,27H,3H2,1-2H3. The zero-order valence-electron chi connectivity index (χ0n) is 16.4. The molecule has 0 radical (unpaired) electrons. The third-order valence-corrected chi connectivity index (χ3v) is 4.89. The third kappa shape index (κ3) is 4.16. The monoisotopic (exact) mass is 466 g/mol. The molecule has 0 saturated carbocycles. The molecule has 0 aliphatic heterocycles. The molecule has 4 aromatic rings. The molecule has 1 aromatic heterocycles. The highest BCUT2D eigenvalue weighted by molar-refractivity contribution is 9.10. The zero-order valence-corrected chi connectivity index (χ0v) is 18.0. The minimum absolute atomic E-state index is 0.0492. The molecule has 1 N–H and O–H groups in total. The van der Waals surface area contributed by atoms with Crippen molar-refractivity contribution in [1.29, 1.82) is 0 Å². The lowest BCUT2D eigenvalue weighted by molar-refractivity contribution is 0.317. The maximum Gasteiger partial charge on any atom is 0.227 e. The van der Waals surface area contributed by atoms with Crippen molar-refractivity contribution in [2.24, 2.45) is 4.99 Å². The lowest BCUT2D eigenvalue weighted by Crippen LogP contribution is -1.94. The molecule has 0 fully saturated rings. The lowest BCUT2D eigenvalue weighted by atomic mass is 10.2. The van der Waals surface area contributed by atoms with Crippen molar-refractivity contribution in [3.8, 4) is 28.7 Å². The van der Waals surface area contributed by atoms with E-state index in [-0.39, 0.29) is 5.75 Å². The van der Waals surface area contributed by atoms with Crippen LogP contribution in [-0.2, 0) is 0 Å². The summed E-state index contributed by atoms with van der Waals surface area (Å²) >= 11 is 3.43. The van der Waals surface area contributed by atoms with Gasteiger partial charge in [0.15, 0.2) is 17.1 Å². The summed E-state index contributed by atoms with van der Waals surface area (Å²) in [4.78, 5) is 9.04. The van der Waals surface area contributed by atoms with Gasteiger partial charge in [0.1, 0.15) is 11.3 Å². The molecule has 0 amide bonds. The molecular weight excluding hydrogens is 448 g/mol. The van der Waals surface area contributed by atoms with Crippen LogP contribution in [0, 0.1) is 0 Å². The molecule has 0 aliphatic carbocycles. The van der Waals surface area contributed by atoms with Crippen LogP contribution < -0.4 is 9.47 Å². The molecule has 6 nitrogen and oxygen atoms in total. The summed E-state index contributed by atoms with van der Waals surface area (Å²) in [6.45, 7) is 2.32. The number of fused-ring (bicyclic) bond motifs is 1. The number of nitrogens with zero attached hydrogens (tertiary/aromatic N) is 2. The molecule has 0 unspecified atom stereocenters. The first kappa shape index (κ1) is 20.0. The highest BCUT2D eigenvalue weighted by Gasteiger charge is 2.11. The summed E-state index contributed by atoms with van der Waals surface area (Å²) in [6.07, 6.45) is 1.59. The summed E-state index contributed by atoms with van der Waals surface area (Å²) in [5.74, 6) is 1.76. The average Bonchev–Trinajstić information content (AvgIpc) is 3.18. The molecule has 0 spiro atoms. The van der Waals surface area contributed by atoms with Crippen LogP contribution in [0.2, 0.25) is 0 Å². The molecular formula is C23H19BrN2O4. The van der Waals surface area contributed by atoms with Gasteiger partial charge in [0.2, 0.25) is 5.89 Å². The quantitative estimate of drug-likeness (QED) is 0.346. The van der Waals surface area contributed by atoms with Gasteiger partial charge in [-0.25, -0.2) is 4.98 Å². The van der Waals surface area contributed by atoms with Gasteiger partial charge in [0.05, 0.1) is 19.4 Å². The van der Waals surface area contributed by atoms with Gasteiger partial charge in [-0.15, -0.1) is 0 Å². The number of methoxy groups -OCH3 is 1. The van der Waals surface area contributed by atoms with Crippen LogP contribution in [0.25, 0.3) is 22.6 Å². The van der Waals surface area contributed by atoms with Gasteiger partial charge in [0.25, 0.3) is 0 Å². The highest BCUT2D eigenvalue weighted by Crippen LogP contribution is 2.33. The summed E-state index contributed by atoms with van der Waals surface area (Å²) < 4.78 is 17.3. The molecule has 30 heavy (non-hydrogen) atoms. The Morgan fingerprint density at radius 1 is 1.13 bits per heavy atom. The van der Waals surface area contributed by atoms with Gasteiger partial charge < -0.3 is 19.0 Å². The fraction of sp³-hybridized carbons (Fsp3) is 0.130. The molecule has 7 heteroatoms. The molecule has 1 heterocycles. The van der Waals surface area contributed by atoms with Gasteiger partial charge >= 0.3 is 0 Å². The van der Waals surface area contributed by atoms with Crippen molar-refractivity contribution in [3.05, 3.63) is 64.6 Å². The van der Waals surface area contributed by atoms with Crippen molar-refractivity contribution >= 4 is 38.9 Å². The maximum absolute atomic E-state index is 10.4. The van der Waals surface area contributed by atoms with Crippen molar-refractivity contribution in [3.63, 3.8) is 0 Å². The van der Waals surface area contributed by atoms with Gasteiger partial charge in [-0.2, -0.15) is 0 Å². The second kappa shape index (κ2) is 8.59. The molecule has 0 aliphatic rings. The molecule has 0 bridgehead atoms. The normalized spacial score (nSPS) is 11.3. The van der Waals surface area contributed by atoms with Crippen LogP contribution >= 0.6 is 15.9 Å². The number of hydrogen-bond acceptors (Lipinski definition) is 6. The number of phenols is 1. The summed E-state index contributed by atoms with van der Waals surface area (Å²) in [7, 11) is 1.63. The number of aromatic nitrogens is 1. The zero-order chi connectivity index (χ0) is 21.1. The first-order chi connectivity index (χ1) is 14.6. The van der Waals surface area contributed by atoms with Crippen LogP contribution in [0.15, 0.2) is 68.5 Å². The Balaban J connectivity index is 1.62. The SMILES string of the molecule is CCOc1cc(Br)cc(C=Nc2ccc3oc(-c4ccc(OC)cc4)nc3c2)c1O. The Morgan fingerprint density at radius 2 is 1.93 bits per heavy atom. The van der Waals surface area contributed by atoms with Gasteiger partial charge in [-0.3, -0.25) is 4.99 Å². The maximum atomic E-state index is 10.4. The third-order valence-electron chi connectivity index (χ3n) is 4.43. The summed E-state index contributed by atoms with van der Waals surface area (Å²) in [5, 5.41) is 10.4. The van der Waals surface area contributed by atoms with Crippen molar-refractivity contribution in [2.45, 2.75) is 6.92 Å². The van der Waals surface area contributed by atoms with E-state index in [9.17, 15) is 5.11 Å². The predicted molar refractivity (Wildman–Crippen MR) is 120 cm³/mol. The average molecular weight is 467 g/mol. The van der Waals surface area contributed by atoms with E-state index in [0.717, 1.165) is 15.8 Å². The van der Waals surface area contributed by atoms with Crippen LogP contribution in [0.1, 0.15) is 12.5 Å². The van der Waals surface area contributed by atoms with E-state index < -0.39 is 0 Å². The summed E-state index contributed by atoms with van der Waals surface area (Å²) in [6, 6.07) is 16.5. The number of aliphatic imine (C=N–C) groups is 1. The number of rotatable bonds is 6. The predicted octanol–water partition coefficient (Wildman–Crippen LogP) is 6.12. The van der Waals surface area contributed by atoms with Crippen LogP contribution in [-0.4, -0.2) is 30.0 Å². The molecule has 0 atom stereocenters. The fourth-order valence-corrected chi connectivity index (χ4v) is 3.41. The fourth-order valence-electron chi connectivity index (χ4n) is 2.96. The second-order valence-electron chi connectivity index (χ2n) is 6.43. The highest BCUT2D eigenvalue weighted by atomic mass is 79.9. The van der Waals surface area contributed by atoms with E-state index in [1.807, 2.05) is 49.4 Å². The number of benzene rings is 3. The number of aromatic hydroxyl groups is 1. The van der Waals surface area contributed by atoms with Crippen molar-refractivity contribution < 1.29 is 19.0 Å². The topological polar surface area (TPSA) is 77.1 Å². The van der Waals surface area contributed by atoms with Crippen LogP contribution in [0.3, 0.4) is 0 Å². The summed E-state index contributed by atoms with van der Waals surface area (Å²) in [5.41, 5.74) is 3.47. The Morgan fingerprint density at radius 3 is 2.67 bits per heavy atom. The van der Waals surface area contributed by atoms with Crippen molar-refractivity contribution in [1.82, 2.24) is 4.98 Å². The first-order valence-electron chi connectivity index (χ1n) is 9.31. The molecule has 4 rings (SSSR count). The van der Waals surface area contributed by atoms with E-state index in [1.54, 1.807) is 25.5 Å². The smallest absolute Gasteiger partial charge is 0.227 e. The van der Waals surface area contributed by atoms with E-state index in [2.05, 4.69) is 25.9 Å². The largest absolute Gasteiger partial charge is 0.504 e. The number of oxazole rings is 1. The second-order valence-corrected chi connectivity index (χ2v) is 7.35. The van der Waals surface area contributed by atoms with E-state index in [4.69, 9.17) is 13.9 Å². The van der Waals surface area contributed by atoms with E-state index in [1.165, 1.54) is 0 Å². The Hall–Kier alpha value is -3.32. The lowest BCUT2D eigenvalue weighted by Gasteiger charge is -2.08. The van der Waals surface area contributed by atoms with Crippen molar-refractivity contribution in [2.75, 3.05) is 13.7 Å². The van der Waals surface area contributed by atoms with Gasteiger partial charge in [-0.05, 0) is 61.5 Å². The molecule has 3 aromatic carbocycles. The number of halogens is 1. The minimum Gasteiger partial charge on any atom is -0.504 e. The Labute approximate surface area is 181 Å². The van der Waals surface area contributed by atoms with Gasteiger partial charge in [-0.1, -0.05) is 15.9 Å². The number of ether oxygens (including phenoxy) is 2. The first-order valence-corrected chi connectivity index (χ1v) is 10.1.